The Balaban J connectivity index is 0.00000363. The van der Waals surface area contributed by atoms with Gasteiger partial charge in [0.05, 0.1) is 28.3 Å². The zero-order chi connectivity index (χ0) is 22.7. The molecule has 0 amide bonds. The van der Waals surface area contributed by atoms with Crippen molar-refractivity contribution in [3.05, 3.63) is 46.2 Å². The summed E-state index contributed by atoms with van der Waals surface area (Å²) < 4.78 is 25.5. The number of benzene rings is 2. The van der Waals surface area contributed by atoms with E-state index in [0.717, 1.165) is 5.56 Å². The molecule has 0 spiro atoms. The molecule has 1 heterocycles. The van der Waals surface area contributed by atoms with E-state index in [1.807, 2.05) is 19.9 Å². The van der Waals surface area contributed by atoms with Crippen LogP contribution in [0.2, 0.25) is 10.0 Å². The van der Waals surface area contributed by atoms with Crippen molar-refractivity contribution >= 4 is 46.9 Å². The van der Waals surface area contributed by atoms with E-state index < -0.39 is 18.0 Å². The fourth-order valence-corrected chi connectivity index (χ4v) is 3.95. The summed E-state index contributed by atoms with van der Waals surface area (Å²) in [6.07, 6.45) is -0.777. The number of aromatic nitrogens is 2. The number of nitrogens with two attached hydrogens (primary N) is 1. The third kappa shape index (κ3) is 6.43. The van der Waals surface area contributed by atoms with Crippen LogP contribution in [0.3, 0.4) is 0 Å². The fraction of sp³-hybridized carbons (Fsp3) is 0.333. The van der Waals surface area contributed by atoms with E-state index in [-0.39, 0.29) is 35.9 Å². The quantitative estimate of drug-likeness (QED) is 0.399. The first kappa shape index (κ1) is 26.6. The Hall–Kier alpha value is -1.68. The second-order valence-electron chi connectivity index (χ2n) is 7.20. The van der Waals surface area contributed by atoms with Crippen LogP contribution in [0, 0.1) is 5.82 Å². The molecule has 0 saturated carbocycles. The Kier molecular flexibility index (Phi) is 9.51. The molecule has 174 valence electrons. The third-order valence-electron chi connectivity index (χ3n) is 4.27. The Morgan fingerprint density at radius 1 is 1.06 bits per heavy atom. The van der Waals surface area contributed by atoms with Gasteiger partial charge in [0.25, 0.3) is 0 Å². The van der Waals surface area contributed by atoms with Crippen LogP contribution in [0.4, 0.5) is 4.39 Å². The van der Waals surface area contributed by atoms with Gasteiger partial charge >= 0.3 is 0 Å². The number of nitrogens with zero attached hydrogens (tertiary/aromatic N) is 2. The van der Waals surface area contributed by atoms with Crippen molar-refractivity contribution in [2.24, 2.45) is 5.73 Å². The summed E-state index contributed by atoms with van der Waals surface area (Å²) in [5.41, 5.74) is 6.86. The lowest BCUT2D eigenvalue weighted by Gasteiger charge is -2.16. The molecule has 3 N–H and O–H groups in total. The largest absolute Gasteiger partial charge is 0.489 e. The van der Waals surface area contributed by atoms with Crippen LogP contribution in [-0.2, 0) is 0 Å². The highest BCUT2D eigenvalue weighted by molar-refractivity contribution is 7.18. The van der Waals surface area contributed by atoms with Crippen molar-refractivity contribution in [1.29, 1.82) is 0 Å². The topological polar surface area (TPSA) is 90.5 Å². The van der Waals surface area contributed by atoms with Crippen LogP contribution < -0.4 is 15.2 Å². The van der Waals surface area contributed by atoms with Crippen molar-refractivity contribution in [2.45, 2.75) is 39.0 Å². The minimum atomic E-state index is -0.780. The molecule has 0 radical (unpaired) electrons. The lowest BCUT2D eigenvalue weighted by molar-refractivity contribution is 0.129. The minimum Gasteiger partial charge on any atom is -0.489 e. The van der Waals surface area contributed by atoms with Crippen molar-refractivity contribution in [1.82, 2.24) is 10.2 Å². The van der Waals surface area contributed by atoms with E-state index in [2.05, 4.69) is 10.2 Å². The summed E-state index contributed by atoms with van der Waals surface area (Å²) in [4.78, 5) is 0. The molecule has 0 fully saturated rings. The van der Waals surface area contributed by atoms with Gasteiger partial charge in [-0.05, 0) is 45.0 Å². The molecule has 0 saturated heterocycles. The average Bonchev–Trinajstić information content (AvgIpc) is 3.19. The molecule has 0 aliphatic heterocycles. The summed E-state index contributed by atoms with van der Waals surface area (Å²) in [5.74, 6) is -0.0875. The molecule has 2 aromatic carbocycles. The van der Waals surface area contributed by atoms with Crippen LogP contribution in [-0.4, -0.2) is 40.2 Å². The van der Waals surface area contributed by atoms with Gasteiger partial charge in [0, 0.05) is 17.2 Å². The van der Waals surface area contributed by atoms with E-state index in [9.17, 15) is 9.50 Å². The van der Waals surface area contributed by atoms with E-state index in [4.69, 9.17) is 38.4 Å². The van der Waals surface area contributed by atoms with Gasteiger partial charge in [-0.15, -0.1) is 22.6 Å². The first-order valence-electron chi connectivity index (χ1n) is 9.51. The predicted octanol–water partition coefficient (Wildman–Crippen LogP) is 5.61. The van der Waals surface area contributed by atoms with Crippen molar-refractivity contribution < 1.29 is 19.0 Å². The molecular formula is C21H23Cl3FN3O3S. The summed E-state index contributed by atoms with van der Waals surface area (Å²) in [6.45, 7) is 5.32. The number of aliphatic hydroxyl groups excluding tert-OH is 1. The average molecular weight is 523 g/mol. The van der Waals surface area contributed by atoms with Gasteiger partial charge in [-0.3, -0.25) is 0 Å². The maximum Gasteiger partial charge on any atom is 0.165 e. The maximum absolute atomic E-state index is 14.5. The standard InChI is InChI=1S/C21H22Cl2FN3O3S.ClH/c1-10(2)30-18-5-4-12(6-15(18)23)20-26-27-21(31-20)13-7-16(24)19(8-14(13)22)29-9-17(25)11(3)28;/h4-8,10-11,17,28H,9,25H2,1-3H3;1H/t11-,17+;/m1./s1. The second-order valence-corrected chi connectivity index (χ2v) is 8.99. The van der Waals surface area contributed by atoms with E-state index in [1.165, 1.54) is 30.4 Å². The molecule has 3 rings (SSSR count). The Morgan fingerprint density at radius 3 is 2.38 bits per heavy atom. The Labute approximate surface area is 205 Å². The highest BCUT2D eigenvalue weighted by atomic mass is 35.5. The normalized spacial score (nSPS) is 12.9. The minimum absolute atomic E-state index is 0. The molecule has 0 aliphatic rings. The van der Waals surface area contributed by atoms with Crippen LogP contribution in [0.5, 0.6) is 11.5 Å². The number of hydrogen-bond acceptors (Lipinski definition) is 7. The molecule has 32 heavy (non-hydrogen) atoms. The number of halogens is 4. The summed E-state index contributed by atoms with van der Waals surface area (Å²) in [5, 5.41) is 19.5. The molecular weight excluding hydrogens is 500 g/mol. The number of hydrogen-bond donors (Lipinski definition) is 2. The zero-order valence-corrected chi connectivity index (χ0v) is 20.7. The molecule has 11 heteroatoms. The molecule has 0 bridgehead atoms. The van der Waals surface area contributed by atoms with Gasteiger partial charge in [-0.25, -0.2) is 4.39 Å². The van der Waals surface area contributed by atoms with Gasteiger partial charge in [-0.1, -0.05) is 34.5 Å². The Bertz CT molecular complexity index is 1070. The third-order valence-corrected chi connectivity index (χ3v) is 5.88. The highest BCUT2D eigenvalue weighted by Gasteiger charge is 2.18. The van der Waals surface area contributed by atoms with Crippen LogP contribution in [0.25, 0.3) is 21.1 Å². The van der Waals surface area contributed by atoms with E-state index in [1.54, 1.807) is 12.1 Å². The maximum atomic E-state index is 14.5. The number of aliphatic hydroxyl groups is 1. The molecule has 3 aromatic rings. The number of rotatable bonds is 8. The monoisotopic (exact) mass is 521 g/mol. The molecule has 0 aliphatic carbocycles. The highest BCUT2D eigenvalue weighted by Crippen LogP contribution is 2.38. The van der Waals surface area contributed by atoms with E-state index >= 15 is 0 Å². The number of ether oxygens (including phenoxy) is 2. The van der Waals surface area contributed by atoms with Crippen molar-refractivity contribution in [3.8, 4) is 32.6 Å². The first-order valence-corrected chi connectivity index (χ1v) is 11.1. The van der Waals surface area contributed by atoms with Crippen LogP contribution in [0.15, 0.2) is 30.3 Å². The summed E-state index contributed by atoms with van der Waals surface area (Å²) in [7, 11) is 0. The smallest absolute Gasteiger partial charge is 0.165 e. The molecule has 1 aromatic heterocycles. The summed E-state index contributed by atoms with van der Waals surface area (Å²) >= 11 is 13.9. The van der Waals surface area contributed by atoms with Gasteiger partial charge < -0.3 is 20.3 Å². The lowest BCUT2D eigenvalue weighted by Crippen LogP contribution is -2.38. The van der Waals surface area contributed by atoms with Crippen molar-refractivity contribution in [2.75, 3.05) is 6.61 Å². The van der Waals surface area contributed by atoms with Gasteiger partial charge in [-0.2, -0.15) is 0 Å². The molecule has 6 nitrogen and oxygen atoms in total. The van der Waals surface area contributed by atoms with Crippen molar-refractivity contribution in [3.63, 3.8) is 0 Å². The fourth-order valence-electron chi connectivity index (χ4n) is 2.56. The Morgan fingerprint density at radius 2 is 1.75 bits per heavy atom. The van der Waals surface area contributed by atoms with Crippen LogP contribution >= 0.6 is 46.9 Å². The molecule has 0 unspecified atom stereocenters. The lowest BCUT2D eigenvalue weighted by atomic mass is 10.2. The SMILES string of the molecule is CC(C)Oc1ccc(-c2nnc(-c3cc(F)c(OC[C@H](N)[C@@H](C)O)cc3Cl)s2)cc1Cl.Cl. The first-order chi connectivity index (χ1) is 14.7. The molecule has 2 atom stereocenters. The van der Waals surface area contributed by atoms with Crippen LogP contribution in [0.1, 0.15) is 20.8 Å². The second kappa shape index (κ2) is 11.4. The predicted molar refractivity (Wildman–Crippen MR) is 129 cm³/mol. The zero-order valence-electron chi connectivity index (χ0n) is 17.5. The van der Waals surface area contributed by atoms with Gasteiger partial charge in [0.15, 0.2) is 11.6 Å². The summed E-state index contributed by atoms with van der Waals surface area (Å²) in [6, 6.07) is 7.30. The van der Waals surface area contributed by atoms with Gasteiger partial charge in [0.1, 0.15) is 22.4 Å². The van der Waals surface area contributed by atoms with Gasteiger partial charge in [0.2, 0.25) is 0 Å². The van der Waals surface area contributed by atoms with E-state index in [0.29, 0.717) is 26.4 Å².